The van der Waals surface area contributed by atoms with Gasteiger partial charge in [-0.05, 0) is 25.7 Å². The first-order valence-electron chi connectivity index (χ1n) is 17.9. The van der Waals surface area contributed by atoms with Crippen LogP contribution in [-0.2, 0) is 9.59 Å². The minimum Gasteiger partial charge on any atom is -1.00 e. The maximum atomic E-state index is 10.2. The summed E-state index contributed by atoms with van der Waals surface area (Å²) < 4.78 is 0. The quantitative estimate of drug-likeness (QED) is 0.0619. The molecule has 0 unspecified atom stereocenters. The number of carboxylic acid groups (broad SMARTS) is 2. The van der Waals surface area contributed by atoms with E-state index in [9.17, 15) is 19.8 Å². The number of carbonyl (C=O) groups is 2. The van der Waals surface area contributed by atoms with Gasteiger partial charge in [-0.2, -0.15) is 0 Å². The van der Waals surface area contributed by atoms with Crippen LogP contribution in [0.15, 0.2) is 0 Å². The standard InChI is InChI=1S/2C18H36O2.Al.ClH/c2*1-2-3-4-5-6-7-8-9-10-11-12-13-14-15-16-17-18(19)20;;/h2*2-17H2,1H3,(H,19,20);;1H/q;;+3;/p-3. The summed E-state index contributed by atoms with van der Waals surface area (Å²) in [4.78, 5) is 20.4. The maximum Gasteiger partial charge on any atom is 3.00 e. The molecule has 0 atom stereocenters. The van der Waals surface area contributed by atoms with Gasteiger partial charge in [0.05, 0.1) is 0 Å². The summed E-state index contributed by atoms with van der Waals surface area (Å²) >= 11 is 0. The first-order chi connectivity index (χ1) is 19.5. The average Bonchev–Trinajstić information content (AvgIpc) is 2.93. The van der Waals surface area contributed by atoms with E-state index >= 15 is 0 Å². The Balaban J connectivity index is -0.000000328. The number of carbonyl (C=O) groups excluding carboxylic acids is 2. The molecule has 0 aromatic carbocycles. The molecule has 0 aliphatic carbocycles. The minimum atomic E-state index is -0.903. The summed E-state index contributed by atoms with van der Waals surface area (Å²) in [5, 5.41) is 20.4. The zero-order chi connectivity index (χ0) is 29.8. The molecule has 0 bridgehead atoms. The molecule has 0 saturated carbocycles. The van der Waals surface area contributed by atoms with Gasteiger partial charge >= 0.3 is 17.4 Å². The zero-order valence-corrected chi connectivity index (χ0v) is 30.1. The Kier molecular flexibility index (Phi) is 52.4. The summed E-state index contributed by atoms with van der Waals surface area (Å²) in [6.45, 7) is 4.53. The Bertz CT molecular complexity index is 461. The van der Waals surface area contributed by atoms with Gasteiger partial charge in [0.1, 0.15) is 0 Å². The first kappa shape index (κ1) is 48.7. The third-order valence-corrected chi connectivity index (χ3v) is 7.97. The zero-order valence-electron chi connectivity index (χ0n) is 28.2. The molecule has 0 N–H and O–H groups in total. The molecule has 0 saturated heterocycles. The fourth-order valence-corrected chi connectivity index (χ4v) is 5.28. The fourth-order valence-electron chi connectivity index (χ4n) is 5.28. The van der Waals surface area contributed by atoms with Gasteiger partial charge in [0.25, 0.3) is 0 Å². The van der Waals surface area contributed by atoms with Gasteiger partial charge in [-0.15, -0.1) is 0 Å². The van der Waals surface area contributed by atoms with Gasteiger partial charge in [-0.3, -0.25) is 0 Å². The van der Waals surface area contributed by atoms with Crippen molar-refractivity contribution >= 4 is 29.3 Å². The molecule has 248 valence electrons. The molecule has 0 aliphatic rings. The molecule has 0 radical (unpaired) electrons. The minimum absolute atomic E-state index is 0. The van der Waals surface area contributed by atoms with Crippen LogP contribution < -0.4 is 22.6 Å². The molecule has 0 aromatic rings. The number of aliphatic carboxylic acids is 2. The van der Waals surface area contributed by atoms with E-state index in [4.69, 9.17) is 0 Å². The van der Waals surface area contributed by atoms with Gasteiger partial charge < -0.3 is 32.2 Å². The Labute approximate surface area is 279 Å². The monoisotopic (exact) mass is 628 g/mol. The number of hydrogen-bond donors (Lipinski definition) is 0. The number of halogens is 1. The van der Waals surface area contributed by atoms with Crippen LogP contribution in [0.4, 0.5) is 0 Å². The van der Waals surface area contributed by atoms with E-state index in [1.54, 1.807) is 0 Å². The van der Waals surface area contributed by atoms with Crippen molar-refractivity contribution in [2.24, 2.45) is 0 Å². The Morgan fingerprint density at radius 3 is 0.619 bits per heavy atom. The molecule has 0 aliphatic heterocycles. The topological polar surface area (TPSA) is 80.3 Å². The number of carboxylic acids is 2. The van der Waals surface area contributed by atoms with E-state index in [0.717, 1.165) is 25.7 Å². The smallest absolute Gasteiger partial charge is 1.00 e. The van der Waals surface area contributed by atoms with E-state index in [1.807, 2.05) is 0 Å². The molecular formula is C36H70AlClO4. The molecule has 0 fully saturated rings. The van der Waals surface area contributed by atoms with Crippen LogP contribution in [0.3, 0.4) is 0 Å². The summed E-state index contributed by atoms with van der Waals surface area (Å²) in [5.74, 6) is -1.81. The van der Waals surface area contributed by atoms with Gasteiger partial charge in [-0.25, -0.2) is 0 Å². The SMILES string of the molecule is CCCCCCCCCCCCCCCCCC(=O)[O-].CCCCCCCCCCCCCCCCCC(=O)[O-].[Al+3].[Cl-]. The van der Waals surface area contributed by atoms with Crippen molar-refractivity contribution in [3.63, 3.8) is 0 Å². The predicted octanol–water partition coefficient (Wildman–Crippen LogP) is 6.62. The summed E-state index contributed by atoms with van der Waals surface area (Å²) in [6, 6.07) is 0. The molecule has 0 aromatic heterocycles. The summed E-state index contributed by atoms with van der Waals surface area (Å²) in [5.41, 5.74) is 0. The van der Waals surface area contributed by atoms with Crippen molar-refractivity contribution in [3.05, 3.63) is 0 Å². The molecule has 0 rings (SSSR count). The number of hydrogen-bond acceptors (Lipinski definition) is 4. The molecule has 0 spiro atoms. The van der Waals surface area contributed by atoms with Crippen LogP contribution >= 0.6 is 0 Å². The third-order valence-electron chi connectivity index (χ3n) is 7.97. The second-order valence-electron chi connectivity index (χ2n) is 12.1. The summed E-state index contributed by atoms with van der Waals surface area (Å²) in [7, 11) is 0. The van der Waals surface area contributed by atoms with E-state index < -0.39 is 11.9 Å². The fraction of sp³-hybridized carbons (Fsp3) is 0.944. The Hall–Kier alpha value is -0.238. The number of rotatable bonds is 32. The van der Waals surface area contributed by atoms with Gasteiger partial charge in [0.15, 0.2) is 0 Å². The average molecular weight is 629 g/mol. The molecule has 4 nitrogen and oxygen atoms in total. The second-order valence-corrected chi connectivity index (χ2v) is 12.1. The van der Waals surface area contributed by atoms with Gasteiger partial charge in [-0.1, -0.05) is 194 Å². The number of unbranched alkanes of at least 4 members (excludes halogenated alkanes) is 28. The third kappa shape index (κ3) is 52.4. The van der Waals surface area contributed by atoms with Gasteiger partial charge in [0, 0.05) is 11.9 Å². The Morgan fingerprint density at radius 2 is 0.476 bits per heavy atom. The van der Waals surface area contributed by atoms with Gasteiger partial charge in [0.2, 0.25) is 0 Å². The van der Waals surface area contributed by atoms with Crippen LogP contribution in [0.25, 0.3) is 0 Å². The second kappa shape index (κ2) is 45.2. The molecule has 42 heavy (non-hydrogen) atoms. The van der Waals surface area contributed by atoms with E-state index in [1.165, 1.54) is 167 Å². The van der Waals surface area contributed by atoms with Crippen molar-refractivity contribution in [1.29, 1.82) is 0 Å². The van der Waals surface area contributed by atoms with Crippen LogP contribution in [0, 0.1) is 0 Å². The summed E-state index contributed by atoms with van der Waals surface area (Å²) in [6.07, 6.45) is 39.7. The molecular weight excluding hydrogens is 559 g/mol. The van der Waals surface area contributed by atoms with E-state index in [0.29, 0.717) is 0 Å². The van der Waals surface area contributed by atoms with E-state index in [-0.39, 0.29) is 42.6 Å². The molecule has 0 heterocycles. The van der Waals surface area contributed by atoms with E-state index in [2.05, 4.69) is 13.8 Å². The van der Waals surface area contributed by atoms with Crippen molar-refractivity contribution in [2.45, 2.75) is 219 Å². The predicted molar refractivity (Wildman–Crippen MR) is 175 cm³/mol. The van der Waals surface area contributed by atoms with Crippen molar-refractivity contribution in [1.82, 2.24) is 0 Å². The van der Waals surface area contributed by atoms with Crippen LogP contribution in [0.1, 0.15) is 219 Å². The molecule has 6 heteroatoms. The Morgan fingerprint density at radius 1 is 0.333 bits per heavy atom. The van der Waals surface area contributed by atoms with Crippen molar-refractivity contribution in [3.8, 4) is 0 Å². The van der Waals surface area contributed by atoms with Crippen LogP contribution in [0.5, 0.6) is 0 Å². The van der Waals surface area contributed by atoms with Crippen molar-refractivity contribution in [2.75, 3.05) is 0 Å². The normalized spacial score (nSPS) is 10.3. The first-order valence-corrected chi connectivity index (χ1v) is 17.9. The maximum absolute atomic E-state index is 10.2. The van der Waals surface area contributed by atoms with Crippen molar-refractivity contribution < 1.29 is 32.2 Å². The molecule has 0 amide bonds. The van der Waals surface area contributed by atoms with Crippen LogP contribution in [0.2, 0.25) is 0 Å². The largest absolute Gasteiger partial charge is 3.00 e. The van der Waals surface area contributed by atoms with Crippen LogP contribution in [-0.4, -0.2) is 29.3 Å².